The van der Waals surface area contributed by atoms with Crippen molar-refractivity contribution in [3.8, 4) is 0 Å². The number of fused-ring (bicyclic) bond motifs is 3. The molecular formula is C40H77B3N12P2UY+2. The Hall–Kier alpha value is -0.619. The van der Waals surface area contributed by atoms with Crippen LogP contribution < -0.4 is 14.5 Å². The molecular weight excluding hydrogens is 1070 g/mol. The molecule has 0 spiro atoms. The maximum absolute atomic E-state index is 6.21. The van der Waals surface area contributed by atoms with Gasteiger partial charge >= 0.3 is 0 Å². The van der Waals surface area contributed by atoms with E-state index < -0.39 is 0 Å². The molecule has 5 radical (unpaired) electrons. The zero-order chi connectivity index (χ0) is 45.6. The molecule has 6 aliphatic heterocycles. The van der Waals surface area contributed by atoms with E-state index in [-0.39, 0.29) is 70.6 Å². The minimum atomic E-state index is 0. The standard InChI is InChI=1S/C9H13N2.C8H15N3.C8H14N2.C7H13N3.C7H11N2.CH4B.BH2.BH.H4P2.U.Y/c1-2-4-9(3-1)11-7-5-10-6-8-11;1-10-5-3-7-11-6-2-4-9-8(10)11;1-2-4-8-9-5-7-10(8)6-3-1;1-3-8-7-9-4-2-6-10(7)5-1;1-7(2)9-5-3-8-4-6-9;1-2;;;1-2;;/h5-9H,1-4H2;2-7H2,1H3;1-7H2;1-6H2,(H,8,9);3-7H,1-2H3;2H,1H3;1H2;1H;1-2H2;;/q+1;;;;+1;;;;;;/i;;;;;1T,2D;1TD;1D;;;. The van der Waals surface area contributed by atoms with Crippen molar-refractivity contribution in [3.63, 3.8) is 0 Å². The van der Waals surface area contributed by atoms with Gasteiger partial charge < -0.3 is 24.9 Å². The summed E-state index contributed by atoms with van der Waals surface area (Å²) in [4.78, 5) is 30.7. The van der Waals surface area contributed by atoms with Gasteiger partial charge in [-0.3, -0.25) is 24.9 Å². The summed E-state index contributed by atoms with van der Waals surface area (Å²) in [6.07, 6.45) is 31.2. The second kappa shape index (κ2) is 37.9. The summed E-state index contributed by atoms with van der Waals surface area (Å²) in [5.74, 6) is 3.75. The number of hydrogen-bond donors (Lipinski definition) is 1. The third kappa shape index (κ3) is 23.0. The number of amidine groups is 1. The van der Waals surface area contributed by atoms with Crippen LogP contribution in [-0.4, -0.2) is 156 Å². The minimum absolute atomic E-state index is 0. The van der Waals surface area contributed by atoms with E-state index in [1.54, 1.807) is 12.4 Å². The number of nitrogens with one attached hydrogen (secondary N) is 1. The molecule has 7 aliphatic rings. The third-order valence-corrected chi connectivity index (χ3v) is 10.4. The van der Waals surface area contributed by atoms with Crippen LogP contribution in [0.3, 0.4) is 0 Å². The predicted molar refractivity (Wildman–Crippen MR) is 254 cm³/mol. The van der Waals surface area contributed by atoms with Gasteiger partial charge in [0.25, 0.3) is 0 Å². The molecule has 321 valence electrons. The van der Waals surface area contributed by atoms with Gasteiger partial charge in [-0.15, -0.1) is 17.9 Å². The van der Waals surface area contributed by atoms with E-state index >= 15 is 0 Å². The van der Waals surface area contributed by atoms with Gasteiger partial charge in [-0.1, -0.05) is 13.2 Å². The van der Waals surface area contributed by atoms with Gasteiger partial charge in [0.1, 0.15) is 0 Å². The van der Waals surface area contributed by atoms with Gasteiger partial charge in [0.15, 0.2) is 48.8 Å². The van der Waals surface area contributed by atoms with Crippen LogP contribution in [0.15, 0.2) is 64.6 Å². The monoisotopic (exact) mass is 1150 g/mol. The van der Waals surface area contributed by atoms with E-state index in [0.717, 1.165) is 46.0 Å². The Bertz CT molecular complexity index is 1460. The molecule has 59 heavy (non-hydrogen) atoms. The SMILES string of the molecule is C1CCC2=NCCN2CC1.C1CN=C2NCCCN2C1.CC(C)[n+]1ccncc1.CN1CCCN2CCCN=C12.PP.[2H][B].[2H][B]C[3H].[2H][B][3H].[U].[Y].c1c[n+](C2CCCC2)ccn1. The zero-order valence-electron chi connectivity index (χ0n) is 41.6. The molecule has 1 saturated carbocycles. The van der Waals surface area contributed by atoms with Crippen molar-refractivity contribution in [3.05, 3.63) is 49.6 Å². The van der Waals surface area contributed by atoms with Crippen LogP contribution in [0.2, 0.25) is 6.80 Å². The number of aromatic nitrogens is 4. The number of nitrogens with zero attached hydrogens (tertiary/aromatic N) is 11. The molecule has 3 saturated heterocycles. The summed E-state index contributed by atoms with van der Waals surface area (Å²) >= 11 is 0. The van der Waals surface area contributed by atoms with Crippen LogP contribution in [-0.2, 0) is 32.7 Å². The maximum Gasteiger partial charge on any atom is 0.196 e. The van der Waals surface area contributed by atoms with Crippen molar-refractivity contribution < 1.29 is 74.3 Å². The van der Waals surface area contributed by atoms with Crippen LogP contribution >= 0.6 is 17.9 Å². The van der Waals surface area contributed by atoms with E-state index in [4.69, 9.17) is 6.71 Å². The van der Waals surface area contributed by atoms with Crippen molar-refractivity contribution >= 4 is 60.1 Å². The van der Waals surface area contributed by atoms with Gasteiger partial charge in [-0.2, -0.15) is 4.57 Å². The summed E-state index contributed by atoms with van der Waals surface area (Å²) in [6, 6.07) is 1.28. The van der Waals surface area contributed by atoms with Crippen LogP contribution in [0, 0.1) is 31.1 Å². The predicted octanol–water partition coefficient (Wildman–Crippen LogP) is 3.15. The molecule has 2 aromatic rings. The smallest absolute Gasteiger partial charge is 0.196 e. The Kier molecular flexibility index (Phi) is 32.8. The Morgan fingerprint density at radius 3 is 2.03 bits per heavy atom. The molecule has 4 fully saturated rings. The largest absolute Gasteiger partial charge is 0.359 e. The van der Waals surface area contributed by atoms with Crippen LogP contribution in [0.1, 0.15) is 104 Å². The van der Waals surface area contributed by atoms with Gasteiger partial charge in [0.2, 0.25) is 0 Å². The fraction of sp³-hybridized carbons (Fsp3) is 0.725. The van der Waals surface area contributed by atoms with Gasteiger partial charge in [0, 0.05) is 165 Å². The first-order chi connectivity index (χ1) is 30.4. The topological polar surface area (TPSA) is 95.6 Å². The van der Waals surface area contributed by atoms with Crippen molar-refractivity contribution in [2.24, 2.45) is 15.0 Å². The molecule has 2 aromatic heterocycles. The summed E-state index contributed by atoms with van der Waals surface area (Å²) in [6.45, 7) is 17.0. The average molecular weight is 1150 g/mol. The number of rotatable bonds is 2. The third-order valence-electron chi connectivity index (χ3n) is 10.4. The first kappa shape index (κ1) is 51.0. The van der Waals surface area contributed by atoms with Crippen LogP contribution in [0.5, 0.6) is 0 Å². The fourth-order valence-electron chi connectivity index (χ4n) is 7.54. The Morgan fingerprint density at radius 1 is 0.831 bits per heavy atom. The second-order valence-electron chi connectivity index (χ2n) is 14.6. The van der Waals surface area contributed by atoms with E-state index in [2.05, 4.69) is 119 Å². The maximum atomic E-state index is 6.21. The van der Waals surface area contributed by atoms with Crippen LogP contribution in [0.4, 0.5) is 0 Å². The molecule has 19 heteroatoms. The molecule has 0 bridgehead atoms. The number of guanidine groups is 2. The molecule has 8 heterocycles. The van der Waals surface area contributed by atoms with Crippen molar-refractivity contribution in [1.82, 2.24) is 34.9 Å². The number of aliphatic imine (C=N–C) groups is 3. The summed E-state index contributed by atoms with van der Waals surface area (Å²) in [7, 11) is 12.1. The van der Waals surface area contributed by atoms with E-state index in [1.165, 1.54) is 135 Å². The average Bonchev–Trinajstić information content (AvgIpc) is 4.01. The fourth-order valence-corrected chi connectivity index (χ4v) is 7.54. The molecule has 1 aliphatic carbocycles. The second-order valence-corrected chi connectivity index (χ2v) is 14.6. The van der Waals surface area contributed by atoms with Crippen molar-refractivity contribution in [2.45, 2.75) is 110 Å². The zero-order valence-corrected chi connectivity index (χ0v) is 45.9. The van der Waals surface area contributed by atoms with Gasteiger partial charge in [0.05, 0.1) is 53.3 Å². The minimum Gasteiger partial charge on any atom is -0.359 e. The van der Waals surface area contributed by atoms with Crippen molar-refractivity contribution in [2.75, 3.05) is 79.0 Å². The molecule has 12 nitrogen and oxygen atoms in total. The summed E-state index contributed by atoms with van der Waals surface area (Å²) < 4.78 is 33.5. The van der Waals surface area contributed by atoms with Gasteiger partial charge in [-0.25, -0.2) is 4.57 Å². The van der Waals surface area contributed by atoms with E-state index in [0.29, 0.717) is 14.4 Å². The van der Waals surface area contributed by atoms with Gasteiger partial charge in [-0.05, 0) is 70.6 Å². The Morgan fingerprint density at radius 2 is 1.42 bits per heavy atom. The van der Waals surface area contributed by atoms with Crippen LogP contribution in [0.25, 0.3) is 0 Å². The normalized spacial score (nSPS) is 19.2. The number of hydrogen-bond acceptors (Lipinski definition) is 10. The van der Waals surface area contributed by atoms with E-state index in [9.17, 15) is 0 Å². The molecule has 1 N–H and O–H groups in total. The molecule has 0 aromatic carbocycles. The summed E-state index contributed by atoms with van der Waals surface area (Å²) in [5, 5.41) is 3.30. The Labute approximate surface area is 424 Å². The first-order valence-electron chi connectivity index (χ1n) is 23.8. The molecule has 2 atom stereocenters. The summed E-state index contributed by atoms with van der Waals surface area (Å²) in [5.41, 5.74) is 0. The quantitative estimate of drug-likeness (QED) is 0.281. The van der Waals surface area contributed by atoms with Crippen molar-refractivity contribution in [1.29, 1.82) is 5.34 Å². The Balaban J connectivity index is 0. The van der Waals surface area contributed by atoms with E-state index in [1.807, 2.05) is 24.8 Å². The molecule has 0 amide bonds. The molecule has 2 unspecified atom stereocenters. The first-order valence-corrected chi connectivity index (χ1v) is 23.4. The molecule has 9 rings (SSSR count).